The van der Waals surface area contributed by atoms with Crippen molar-refractivity contribution in [1.82, 2.24) is 4.72 Å². The van der Waals surface area contributed by atoms with E-state index in [1.165, 1.54) is 6.07 Å². The molecule has 2 N–H and O–H groups in total. The van der Waals surface area contributed by atoms with Gasteiger partial charge in [0.1, 0.15) is 0 Å². The van der Waals surface area contributed by atoms with Gasteiger partial charge in [0, 0.05) is 17.3 Å². The number of carbonyl (C=O) groups is 1. The first-order chi connectivity index (χ1) is 13.2. The molecule has 28 heavy (non-hydrogen) atoms. The maximum Gasteiger partial charge on any atom is 0.255 e. The Bertz CT molecular complexity index is 935. The summed E-state index contributed by atoms with van der Waals surface area (Å²) in [6.07, 6.45) is 1.84. The van der Waals surface area contributed by atoms with Crippen molar-refractivity contribution in [3.63, 3.8) is 0 Å². The third-order valence-electron chi connectivity index (χ3n) is 5.24. The fraction of sp³-hybridized carbons (Fsp3) is 0.409. The quantitative estimate of drug-likeness (QED) is 0.674. The molecule has 0 fully saturated rings. The third kappa shape index (κ3) is 5.20. The number of hydrogen-bond acceptors (Lipinski definition) is 3. The van der Waals surface area contributed by atoms with Crippen molar-refractivity contribution in [2.45, 2.75) is 58.4 Å². The van der Waals surface area contributed by atoms with Crippen LogP contribution >= 0.6 is 0 Å². The summed E-state index contributed by atoms with van der Waals surface area (Å²) >= 11 is 0. The lowest BCUT2D eigenvalue weighted by atomic mass is 9.96. The zero-order valence-corrected chi connectivity index (χ0v) is 18.1. The van der Waals surface area contributed by atoms with Crippen LogP contribution in [0.15, 0.2) is 47.4 Å². The van der Waals surface area contributed by atoms with Crippen molar-refractivity contribution in [3.05, 3.63) is 59.2 Å². The molecule has 0 heterocycles. The van der Waals surface area contributed by atoms with Crippen LogP contribution in [-0.2, 0) is 10.0 Å². The second kappa shape index (κ2) is 9.34. The van der Waals surface area contributed by atoms with E-state index in [1.807, 2.05) is 32.0 Å². The first-order valence-electron chi connectivity index (χ1n) is 9.69. The van der Waals surface area contributed by atoms with Crippen LogP contribution in [0.4, 0.5) is 5.69 Å². The lowest BCUT2D eigenvalue weighted by Crippen LogP contribution is -2.37. The Morgan fingerprint density at radius 1 is 1.00 bits per heavy atom. The molecule has 5 nitrogen and oxygen atoms in total. The van der Waals surface area contributed by atoms with Gasteiger partial charge in [-0.3, -0.25) is 4.79 Å². The Kier molecular flexibility index (Phi) is 7.38. The highest BCUT2D eigenvalue weighted by molar-refractivity contribution is 7.89. The fourth-order valence-electron chi connectivity index (χ4n) is 3.37. The van der Waals surface area contributed by atoms with Gasteiger partial charge in [0.15, 0.2) is 0 Å². The number of hydrogen-bond donors (Lipinski definition) is 2. The van der Waals surface area contributed by atoms with Crippen LogP contribution in [0.25, 0.3) is 0 Å². The molecule has 0 aliphatic heterocycles. The van der Waals surface area contributed by atoms with Crippen LogP contribution in [0.5, 0.6) is 0 Å². The van der Waals surface area contributed by atoms with Crippen LogP contribution in [0.1, 0.15) is 55.1 Å². The van der Waals surface area contributed by atoms with E-state index >= 15 is 0 Å². The van der Waals surface area contributed by atoms with E-state index in [0.717, 1.165) is 18.4 Å². The summed E-state index contributed by atoms with van der Waals surface area (Å²) in [5.74, 6) is 0.0841. The molecule has 1 atom stereocenters. The molecular formula is C22H30N2O3S. The second-order valence-corrected chi connectivity index (χ2v) is 8.95. The molecule has 0 aliphatic rings. The lowest BCUT2D eigenvalue weighted by molar-refractivity contribution is 0.102. The fourth-order valence-corrected chi connectivity index (χ4v) is 4.76. The van der Waals surface area contributed by atoms with Gasteiger partial charge < -0.3 is 5.32 Å². The monoisotopic (exact) mass is 402 g/mol. The largest absolute Gasteiger partial charge is 0.322 e. The Morgan fingerprint density at radius 2 is 1.64 bits per heavy atom. The van der Waals surface area contributed by atoms with Crippen LogP contribution in [0.3, 0.4) is 0 Å². The van der Waals surface area contributed by atoms with Gasteiger partial charge in [0.25, 0.3) is 5.91 Å². The van der Waals surface area contributed by atoms with Crippen molar-refractivity contribution in [2.75, 3.05) is 5.32 Å². The molecule has 6 heteroatoms. The predicted octanol–water partition coefficient (Wildman–Crippen LogP) is 4.66. The first kappa shape index (κ1) is 22.1. The molecule has 0 aliphatic carbocycles. The smallest absolute Gasteiger partial charge is 0.255 e. The van der Waals surface area contributed by atoms with Gasteiger partial charge in [-0.05, 0) is 62.1 Å². The zero-order valence-electron chi connectivity index (χ0n) is 17.2. The minimum atomic E-state index is -3.61. The molecular weight excluding hydrogens is 372 g/mol. The summed E-state index contributed by atoms with van der Waals surface area (Å²) in [7, 11) is -3.61. The highest BCUT2D eigenvalue weighted by Crippen LogP contribution is 2.22. The van der Waals surface area contributed by atoms with Gasteiger partial charge >= 0.3 is 0 Å². The van der Waals surface area contributed by atoms with Gasteiger partial charge in [-0.2, -0.15) is 0 Å². The van der Waals surface area contributed by atoms with Gasteiger partial charge in [0.05, 0.1) is 4.90 Å². The van der Waals surface area contributed by atoms with Gasteiger partial charge in [-0.25, -0.2) is 13.1 Å². The highest BCUT2D eigenvalue weighted by atomic mass is 32.2. The Morgan fingerprint density at radius 3 is 2.21 bits per heavy atom. The van der Waals surface area contributed by atoms with Crippen LogP contribution in [0, 0.1) is 19.8 Å². The summed E-state index contributed by atoms with van der Waals surface area (Å²) in [5, 5.41) is 2.87. The molecule has 0 aromatic heterocycles. The topological polar surface area (TPSA) is 75.3 Å². The van der Waals surface area contributed by atoms with Crippen molar-refractivity contribution in [3.8, 4) is 0 Å². The number of aryl methyl sites for hydroxylation is 2. The highest BCUT2D eigenvalue weighted by Gasteiger charge is 2.22. The summed E-state index contributed by atoms with van der Waals surface area (Å²) in [4.78, 5) is 12.7. The van der Waals surface area contributed by atoms with E-state index in [0.29, 0.717) is 22.7 Å². The maximum atomic E-state index is 12.7. The average molecular weight is 403 g/mol. The minimum absolute atomic E-state index is 0.138. The van der Waals surface area contributed by atoms with E-state index in [9.17, 15) is 13.2 Å². The second-order valence-electron chi connectivity index (χ2n) is 7.23. The number of anilines is 1. The van der Waals surface area contributed by atoms with E-state index in [2.05, 4.69) is 23.9 Å². The lowest BCUT2D eigenvalue weighted by Gasteiger charge is -2.22. The van der Waals surface area contributed by atoms with Gasteiger partial charge in [-0.15, -0.1) is 0 Å². The first-order valence-corrected chi connectivity index (χ1v) is 11.2. The van der Waals surface area contributed by atoms with Crippen LogP contribution in [0.2, 0.25) is 0 Å². The van der Waals surface area contributed by atoms with Crippen molar-refractivity contribution < 1.29 is 13.2 Å². The summed E-state index contributed by atoms with van der Waals surface area (Å²) < 4.78 is 28.2. The molecule has 152 valence electrons. The summed E-state index contributed by atoms with van der Waals surface area (Å²) in [6, 6.07) is 12.0. The van der Waals surface area contributed by atoms with E-state index < -0.39 is 10.0 Å². The van der Waals surface area contributed by atoms with E-state index in [-0.39, 0.29) is 16.8 Å². The van der Waals surface area contributed by atoms with Crippen LogP contribution < -0.4 is 10.0 Å². The SMILES string of the molecule is CCC(CC)[C@@H](C)NS(=O)(=O)c1ccc(NC(=O)c2ccccc2C)c(C)c1. The summed E-state index contributed by atoms with van der Waals surface area (Å²) in [6.45, 7) is 9.70. The molecule has 0 saturated heterocycles. The number of sulfonamides is 1. The molecule has 2 aromatic rings. The number of benzene rings is 2. The van der Waals surface area contributed by atoms with E-state index in [1.54, 1.807) is 25.1 Å². The number of nitrogens with one attached hydrogen (secondary N) is 2. The molecule has 1 amide bonds. The number of rotatable bonds is 8. The Labute approximate surface area is 168 Å². The Balaban J connectivity index is 2.19. The van der Waals surface area contributed by atoms with Crippen molar-refractivity contribution in [2.24, 2.45) is 5.92 Å². The van der Waals surface area contributed by atoms with Crippen molar-refractivity contribution in [1.29, 1.82) is 0 Å². The molecule has 2 rings (SSSR count). The maximum absolute atomic E-state index is 12.7. The minimum Gasteiger partial charge on any atom is -0.322 e. The Hall–Kier alpha value is -2.18. The van der Waals surface area contributed by atoms with Gasteiger partial charge in [-0.1, -0.05) is 44.9 Å². The number of amides is 1. The summed E-state index contributed by atoms with van der Waals surface area (Å²) in [5.41, 5.74) is 2.77. The molecule has 2 aromatic carbocycles. The zero-order chi connectivity index (χ0) is 20.9. The number of carbonyl (C=O) groups excluding carboxylic acids is 1. The molecule has 0 bridgehead atoms. The van der Waals surface area contributed by atoms with E-state index in [4.69, 9.17) is 0 Å². The molecule has 0 unspecified atom stereocenters. The van der Waals surface area contributed by atoms with Gasteiger partial charge in [0.2, 0.25) is 10.0 Å². The van der Waals surface area contributed by atoms with Crippen molar-refractivity contribution >= 4 is 21.6 Å². The normalized spacial score (nSPS) is 12.8. The predicted molar refractivity (Wildman–Crippen MR) is 114 cm³/mol. The average Bonchev–Trinajstić information content (AvgIpc) is 2.64. The third-order valence-corrected chi connectivity index (χ3v) is 6.80. The molecule has 0 saturated carbocycles. The molecule has 0 spiro atoms. The van der Waals surface area contributed by atoms with Crippen LogP contribution in [-0.4, -0.2) is 20.4 Å². The molecule has 0 radical (unpaired) electrons. The standard InChI is InChI=1S/C22H30N2O3S/c1-6-18(7-2)17(5)24-28(26,27)19-12-13-21(16(4)14-19)23-22(25)20-11-9-8-10-15(20)3/h8-14,17-18,24H,6-7H2,1-5H3,(H,23,25)/t17-/m1/s1.